The molecule has 0 saturated heterocycles. The number of pyridine rings is 1. The maximum Gasteiger partial charge on any atom is 0.254 e. The molecule has 0 aliphatic heterocycles. The minimum absolute atomic E-state index is 0.221. The van der Waals surface area contributed by atoms with E-state index in [9.17, 15) is 9.59 Å². The molecule has 1 unspecified atom stereocenters. The number of carbonyl (C=O) groups excluding carboxylic acids is 2. The van der Waals surface area contributed by atoms with Gasteiger partial charge < -0.3 is 10.6 Å². The monoisotopic (exact) mass is 327 g/mol. The van der Waals surface area contributed by atoms with E-state index in [1.807, 2.05) is 20.8 Å². The molecule has 0 aliphatic rings. The Morgan fingerprint density at radius 1 is 1.37 bits per heavy atom. The van der Waals surface area contributed by atoms with Gasteiger partial charge in [-0.2, -0.15) is 0 Å². The van der Waals surface area contributed by atoms with Gasteiger partial charge in [0, 0.05) is 11.7 Å². The van der Waals surface area contributed by atoms with E-state index in [2.05, 4.69) is 31.5 Å². The summed E-state index contributed by atoms with van der Waals surface area (Å²) >= 11 is 3.20. The van der Waals surface area contributed by atoms with Crippen molar-refractivity contribution in [2.24, 2.45) is 0 Å². The van der Waals surface area contributed by atoms with Crippen molar-refractivity contribution in [3.05, 3.63) is 28.5 Å². The average Bonchev–Trinajstić information content (AvgIpc) is 2.27. The number of carbonyl (C=O) groups is 2. The van der Waals surface area contributed by atoms with Crippen molar-refractivity contribution < 1.29 is 9.59 Å². The summed E-state index contributed by atoms with van der Waals surface area (Å²) in [6.07, 6.45) is 1.58. The van der Waals surface area contributed by atoms with E-state index in [4.69, 9.17) is 0 Å². The van der Waals surface area contributed by atoms with E-state index in [0.717, 1.165) is 0 Å². The van der Waals surface area contributed by atoms with Crippen LogP contribution >= 0.6 is 15.9 Å². The van der Waals surface area contributed by atoms with Crippen molar-refractivity contribution >= 4 is 27.7 Å². The van der Waals surface area contributed by atoms with Gasteiger partial charge in [0.1, 0.15) is 10.6 Å². The van der Waals surface area contributed by atoms with Crippen LogP contribution in [0, 0.1) is 0 Å². The zero-order chi connectivity index (χ0) is 14.6. The molecule has 104 valence electrons. The largest absolute Gasteiger partial charge is 0.350 e. The third kappa shape index (κ3) is 4.98. The lowest BCUT2D eigenvalue weighted by Crippen LogP contribution is -2.50. The Hall–Kier alpha value is -1.43. The molecule has 0 spiro atoms. The van der Waals surface area contributed by atoms with Gasteiger partial charge in [-0.3, -0.25) is 9.59 Å². The zero-order valence-corrected chi connectivity index (χ0v) is 13.0. The maximum absolute atomic E-state index is 12.0. The van der Waals surface area contributed by atoms with Crippen molar-refractivity contribution in [1.29, 1.82) is 0 Å². The number of rotatable bonds is 3. The minimum atomic E-state index is -0.612. The highest BCUT2D eigenvalue weighted by atomic mass is 79.9. The second kappa shape index (κ2) is 6.14. The topological polar surface area (TPSA) is 71.1 Å². The lowest BCUT2D eigenvalue weighted by Gasteiger charge is -2.23. The van der Waals surface area contributed by atoms with Crippen LogP contribution in [-0.4, -0.2) is 28.4 Å². The van der Waals surface area contributed by atoms with Crippen LogP contribution in [0.3, 0.4) is 0 Å². The standard InChI is InChI=1S/C13H18BrN3O2/c1-8(11(18)17-13(2,3)4)16-12(19)9-6-5-7-15-10(9)14/h5-8H,1-4H3,(H,16,19)(H,17,18). The van der Waals surface area contributed by atoms with Crippen molar-refractivity contribution in [3.8, 4) is 0 Å². The number of nitrogens with one attached hydrogen (secondary N) is 2. The molecular weight excluding hydrogens is 310 g/mol. The molecule has 1 heterocycles. The van der Waals surface area contributed by atoms with E-state index in [0.29, 0.717) is 10.2 Å². The fourth-order valence-electron chi connectivity index (χ4n) is 1.37. The smallest absolute Gasteiger partial charge is 0.254 e. The molecule has 2 N–H and O–H groups in total. The Morgan fingerprint density at radius 2 is 2.00 bits per heavy atom. The van der Waals surface area contributed by atoms with Gasteiger partial charge in [-0.15, -0.1) is 0 Å². The van der Waals surface area contributed by atoms with Crippen molar-refractivity contribution in [2.75, 3.05) is 0 Å². The molecule has 0 fully saturated rings. The molecular formula is C13H18BrN3O2. The Bertz CT molecular complexity index is 483. The minimum Gasteiger partial charge on any atom is -0.350 e. The third-order valence-corrected chi connectivity index (χ3v) is 2.87. The van der Waals surface area contributed by atoms with E-state index in [-0.39, 0.29) is 17.4 Å². The van der Waals surface area contributed by atoms with Crippen LogP contribution in [-0.2, 0) is 4.79 Å². The van der Waals surface area contributed by atoms with Crippen molar-refractivity contribution in [2.45, 2.75) is 39.3 Å². The van der Waals surface area contributed by atoms with Gasteiger partial charge in [0.05, 0.1) is 5.56 Å². The summed E-state index contributed by atoms with van der Waals surface area (Å²) in [5.41, 5.74) is 0.0724. The van der Waals surface area contributed by atoms with Gasteiger partial charge >= 0.3 is 0 Å². The molecule has 5 nitrogen and oxygen atoms in total. The summed E-state index contributed by atoms with van der Waals surface area (Å²) in [6, 6.07) is 2.69. The normalized spacial score (nSPS) is 12.7. The molecule has 19 heavy (non-hydrogen) atoms. The first-order valence-corrected chi connectivity index (χ1v) is 6.73. The Balaban J connectivity index is 2.67. The van der Waals surface area contributed by atoms with E-state index < -0.39 is 6.04 Å². The van der Waals surface area contributed by atoms with E-state index in [1.54, 1.807) is 25.3 Å². The van der Waals surface area contributed by atoms with Crippen molar-refractivity contribution in [1.82, 2.24) is 15.6 Å². The molecule has 0 saturated carbocycles. The number of aromatic nitrogens is 1. The summed E-state index contributed by atoms with van der Waals surface area (Å²) < 4.78 is 0.455. The summed E-state index contributed by atoms with van der Waals surface area (Å²) in [6.45, 7) is 7.30. The van der Waals surface area contributed by atoms with Crippen LogP contribution in [0.2, 0.25) is 0 Å². The predicted molar refractivity (Wildman–Crippen MR) is 76.8 cm³/mol. The third-order valence-electron chi connectivity index (χ3n) is 2.24. The van der Waals surface area contributed by atoms with Gasteiger partial charge in [-0.25, -0.2) is 4.98 Å². The first-order valence-electron chi connectivity index (χ1n) is 5.94. The van der Waals surface area contributed by atoms with E-state index in [1.165, 1.54) is 0 Å². The van der Waals surface area contributed by atoms with Crippen LogP contribution in [0.5, 0.6) is 0 Å². The number of halogens is 1. The fraction of sp³-hybridized carbons (Fsp3) is 0.462. The zero-order valence-electron chi connectivity index (χ0n) is 11.5. The second-order valence-electron chi connectivity index (χ2n) is 5.28. The molecule has 6 heteroatoms. The molecule has 0 bridgehead atoms. The Kier molecular flexibility index (Phi) is 5.05. The molecule has 1 rings (SSSR count). The average molecular weight is 328 g/mol. The molecule has 1 aromatic rings. The Labute approximate surface area is 121 Å². The maximum atomic E-state index is 12.0. The number of nitrogens with zero attached hydrogens (tertiary/aromatic N) is 1. The van der Waals surface area contributed by atoms with Crippen LogP contribution < -0.4 is 10.6 Å². The lowest BCUT2D eigenvalue weighted by molar-refractivity contribution is -0.124. The van der Waals surface area contributed by atoms with Gasteiger partial charge in [-0.1, -0.05) is 0 Å². The molecule has 2 amide bonds. The molecule has 0 aliphatic carbocycles. The Morgan fingerprint density at radius 3 is 2.53 bits per heavy atom. The van der Waals surface area contributed by atoms with Gasteiger partial charge in [0.15, 0.2) is 0 Å². The predicted octanol–water partition coefficient (Wildman–Crippen LogP) is 1.88. The quantitative estimate of drug-likeness (QED) is 0.832. The SMILES string of the molecule is CC(NC(=O)c1cccnc1Br)C(=O)NC(C)(C)C. The highest BCUT2D eigenvalue weighted by molar-refractivity contribution is 9.10. The van der Waals surface area contributed by atoms with Crippen LogP contribution in [0.4, 0.5) is 0 Å². The van der Waals surface area contributed by atoms with Crippen LogP contribution in [0.1, 0.15) is 38.1 Å². The van der Waals surface area contributed by atoms with Crippen molar-refractivity contribution in [3.63, 3.8) is 0 Å². The molecule has 1 atom stereocenters. The first-order chi connectivity index (χ1) is 8.70. The van der Waals surface area contributed by atoms with Crippen LogP contribution in [0.25, 0.3) is 0 Å². The van der Waals surface area contributed by atoms with E-state index >= 15 is 0 Å². The number of hydrogen-bond donors (Lipinski definition) is 2. The molecule has 0 aromatic carbocycles. The lowest BCUT2D eigenvalue weighted by atomic mass is 10.1. The summed E-state index contributed by atoms with van der Waals surface area (Å²) in [5.74, 6) is -0.558. The van der Waals surface area contributed by atoms with Gasteiger partial charge in [0.25, 0.3) is 5.91 Å². The fourth-order valence-corrected chi connectivity index (χ4v) is 1.80. The van der Waals surface area contributed by atoms with Crippen LogP contribution in [0.15, 0.2) is 22.9 Å². The first kappa shape index (κ1) is 15.6. The second-order valence-corrected chi connectivity index (χ2v) is 6.03. The van der Waals surface area contributed by atoms with Gasteiger partial charge in [0.2, 0.25) is 5.91 Å². The summed E-state index contributed by atoms with van der Waals surface area (Å²) in [4.78, 5) is 27.8. The highest BCUT2D eigenvalue weighted by Crippen LogP contribution is 2.12. The summed E-state index contributed by atoms with van der Waals surface area (Å²) in [5, 5.41) is 5.45. The molecule has 0 radical (unpaired) electrons. The van der Waals surface area contributed by atoms with Gasteiger partial charge in [-0.05, 0) is 55.8 Å². The summed E-state index contributed by atoms with van der Waals surface area (Å²) in [7, 11) is 0. The number of amides is 2. The molecule has 1 aromatic heterocycles. The highest BCUT2D eigenvalue weighted by Gasteiger charge is 2.21. The number of hydrogen-bond acceptors (Lipinski definition) is 3.